The molecule has 2 amide bonds. The number of halogens is 1. The first kappa shape index (κ1) is 22.4. The largest absolute Gasteiger partial charge is 0.337 e. The highest BCUT2D eigenvalue weighted by molar-refractivity contribution is 7.88. The maximum atomic E-state index is 12.9. The number of carbonyl (C=O) groups is 2. The van der Waals surface area contributed by atoms with E-state index < -0.39 is 10.0 Å². The van der Waals surface area contributed by atoms with Gasteiger partial charge in [-0.2, -0.15) is 0 Å². The van der Waals surface area contributed by atoms with Crippen LogP contribution in [0.25, 0.3) is 0 Å². The lowest BCUT2D eigenvalue weighted by molar-refractivity contribution is -0.134. The van der Waals surface area contributed by atoms with Crippen LogP contribution in [0.15, 0.2) is 0 Å². The minimum absolute atomic E-state index is 0. The standard InChI is InChI=1S/C18H31N3O4S.ClH/c1-3-7-14-17-15(21(18(14)23)26(2,24)25)8-13-20(17)16(22)9-12-19-10-5-4-6-11-19;/h14-15,17H,3-13H2,1-2H3;1H/t14-,15+,17-;/m1./s1. The average Bonchev–Trinajstić information content (AvgIpc) is 3.12. The van der Waals surface area contributed by atoms with Gasteiger partial charge in [-0.25, -0.2) is 12.7 Å². The van der Waals surface area contributed by atoms with Gasteiger partial charge in [0.2, 0.25) is 21.8 Å². The SMILES string of the molecule is CCC[C@H]1C(=O)N(S(C)(=O)=O)[C@H]2CCN(C(=O)CCN3CCCCC3)[C@H]12.Cl. The van der Waals surface area contributed by atoms with E-state index in [1.165, 1.54) is 19.3 Å². The van der Waals surface area contributed by atoms with Gasteiger partial charge in [0.1, 0.15) is 0 Å². The molecule has 3 heterocycles. The molecule has 156 valence electrons. The second-order valence-electron chi connectivity index (χ2n) is 7.88. The van der Waals surface area contributed by atoms with E-state index in [-0.39, 0.29) is 42.2 Å². The summed E-state index contributed by atoms with van der Waals surface area (Å²) in [5.74, 6) is -0.647. The molecular formula is C18H32ClN3O4S. The highest BCUT2D eigenvalue weighted by atomic mass is 35.5. The average molecular weight is 422 g/mol. The lowest BCUT2D eigenvalue weighted by atomic mass is 9.94. The fourth-order valence-electron chi connectivity index (χ4n) is 4.90. The van der Waals surface area contributed by atoms with E-state index in [4.69, 9.17) is 0 Å². The maximum absolute atomic E-state index is 12.9. The Kier molecular flexibility index (Phi) is 7.55. The van der Waals surface area contributed by atoms with Gasteiger partial charge in [0, 0.05) is 19.5 Å². The number of hydrogen-bond donors (Lipinski definition) is 0. The molecule has 7 nitrogen and oxygen atoms in total. The van der Waals surface area contributed by atoms with E-state index >= 15 is 0 Å². The van der Waals surface area contributed by atoms with Crippen LogP contribution in [0, 0.1) is 5.92 Å². The topological polar surface area (TPSA) is 78.0 Å². The summed E-state index contributed by atoms with van der Waals surface area (Å²) in [5, 5.41) is 0. The summed E-state index contributed by atoms with van der Waals surface area (Å²) in [5.41, 5.74) is 0. The van der Waals surface area contributed by atoms with E-state index in [9.17, 15) is 18.0 Å². The van der Waals surface area contributed by atoms with Crippen molar-refractivity contribution in [2.75, 3.05) is 32.4 Å². The minimum atomic E-state index is -3.60. The first-order valence-corrected chi connectivity index (χ1v) is 11.7. The lowest BCUT2D eigenvalue weighted by Gasteiger charge is -2.30. The number of hydrogen-bond acceptors (Lipinski definition) is 5. The summed E-state index contributed by atoms with van der Waals surface area (Å²) in [6.45, 7) is 5.40. The zero-order valence-electron chi connectivity index (χ0n) is 16.3. The van der Waals surface area contributed by atoms with E-state index in [1.54, 1.807) is 4.90 Å². The summed E-state index contributed by atoms with van der Waals surface area (Å²) in [6.07, 6.45) is 7.18. The summed E-state index contributed by atoms with van der Waals surface area (Å²) in [6, 6.07) is -0.668. The van der Waals surface area contributed by atoms with Crippen molar-refractivity contribution in [3.05, 3.63) is 0 Å². The number of fused-ring (bicyclic) bond motifs is 1. The number of carbonyl (C=O) groups excluding carboxylic acids is 2. The zero-order chi connectivity index (χ0) is 18.9. The summed E-state index contributed by atoms with van der Waals surface area (Å²) in [7, 11) is -3.60. The molecule has 0 radical (unpaired) electrons. The van der Waals surface area contributed by atoms with Gasteiger partial charge in [-0.3, -0.25) is 9.59 Å². The summed E-state index contributed by atoms with van der Waals surface area (Å²) < 4.78 is 25.3. The first-order chi connectivity index (χ1) is 12.3. The Morgan fingerprint density at radius 1 is 1.15 bits per heavy atom. The number of likely N-dealkylation sites (tertiary alicyclic amines) is 2. The fraction of sp³-hybridized carbons (Fsp3) is 0.889. The lowest BCUT2D eigenvalue weighted by Crippen LogP contribution is -2.44. The van der Waals surface area contributed by atoms with Gasteiger partial charge in [0.05, 0.1) is 24.3 Å². The van der Waals surface area contributed by atoms with Gasteiger partial charge in [-0.05, 0) is 38.8 Å². The molecule has 0 aromatic carbocycles. The van der Waals surface area contributed by atoms with Gasteiger partial charge in [-0.1, -0.05) is 19.8 Å². The predicted octanol–water partition coefficient (Wildman–Crippen LogP) is 1.47. The fourth-order valence-corrected chi connectivity index (χ4v) is 6.08. The molecule has 0 saturated carbocycles. The second-order valence-corrected chi connectivity index (χ2v) is 9.74. The third kappa shape index (κ3) is 4.59. The van der Waals surface area contributed by atoms with Crippen LogP contribution in [0.2, 0.25) is 0 Å². The molecule has 3 saturated heterocycles. The van der Waals surface area contributed by atoms with Crippen molar-refractivity contribution < 1.29 is 18.0 Å². The molecule has 3 atom stereocenters. The molecule has 0 bridgehead atoms. The molecule has 0 aliphatic carbocycles. The van der Waals surface area contributed by atoms with Crippen LogP contribution in [-0.2, 0) is 19.6 Å². The third-order valence-corrected chi connectivity index (χ3v) is 7.20. The number of sulfonamides is 1. The molecule has 3 aliphatic rings. The molecule has 0 spiro atoms. The van der Waals surface area contributed by atoms with Crippen LogP contribution < -0.4 is 0 Å². The Bertz CT molecular complexity index is 651. The Balaban J connectivity index is 0.00000261. The minimum Gasteiger partial charge on any atom is -0.337 e. The second kappa shape index (κ2) is 9.09. The normalized spacial score (nSPS) is 29.0. The highest BCUT2D eigenvalue weighted by Gasteiger charge is 2.56. The molecule has 0 aromatic rings. The Hall–Kier alpha value is -0.860. The van der Waals surface area contributed by atoms with Crippen LogP contribution in [0.5, 0.6) is 0 Å². The zero-order valence-corrected chi connectivity index (χ0v) is 17.9. The first-order valence-electron chi connectivity index (χ1n) is 9.89. The Labute approximate surface area is 168 Å². The third-order valence-electron chi connectivity index (χ3n) is 6.04. The number of rotatable bonds is 6. The van der Waals surface area contributed by atoms with Crippen molar-refractivity contribution in [1.82, 2.24) is 14.1 Å². The van der Waals surface area contributed by atoms with E-state index in [2.05, 4.69) is 4.90 Å². The van der Waals surface area contributed by atoms with Crippen molar-refractivity contribution in [1.29, 1.82) is 0 Å². The van der Waals surface area contributed by atoms with Crippen LogP contribution in [0.3, 0.4) is 0 Å². The van der Waals surface area contributed by atoms with Gasteiger partial charge < -0.3 is 9.80 Å². The quantitative estimate of drug-likeness (QED) is 0.649. The molecule has 3 rings (SSSR count). The number of nitrogens with zero attached hydrogens (tertiary/aromatic N) is 3. The molecule has 0 N–H and O–H groups in total. The van der Waals surface area contributed by atoms with Gasteiger partial charge in [0.25, 0.3) is 0 Å². The maximum Gasteiger partial charge on any atom is 0.241 e. The molecular weight excluding hydrogens is 390 g/mol. The van der Waals surface area contributed by atoms with Crippen LogP contribution >= 0.6 is 12.4 Å². The van der Waals surface area contributed by atoms with Crippen molar-refractivity contribution in [3.8, 4) is 0 Å². The Morgan fingerprint density at radius 3 is 2.41 bits per heavy atom. The molecule has 3 fully saturated rings. The smallest absolute Gasteiger partial charge is 0.241 e. The van der Waals surface area contributed by atoms with Crippen molar-refractivity contribution in [2.45, 2.75) is 64.0 Å². The molecule has 9 heteroatoms. The van der Waals surface area contributed by atoms with Crippen molar-refractivity contribution in [3.63, 3.8) is 0 Å². The molecule has 0 aromatic heterocycles. The van der Waals surface area contributed by atoms with E-state index in [0.717, 1.165) is 36.6 Å². The number of piperidine rings is 1. The van der Waals surface area contributed by atoms with Crippen molar-refractivity contribution in [2.24, 2.45) is 5.92 Å². The molecule has 0 unspecified atom stereocenters. The predicted molar refractivity (Wildman–Crippen MR) is 106 cm³/mol. The van der Waals surface area contributed by atoms with Gasteiger partial charge >= 0.3 is 0 Å². The van der Waals surface area contributed by atoms with Crippen LogP contribution in [-0.4, -0.2) is 78.9 Å². The Morgan fingerprint density at radius 2 is 1.81 bits per heavy atom. The molecule has 3 aliphatic heterocycles. The summed E-state index contributed by atoms with van der Waals surface area (Å²) in [4.78, 5) is 29.7. The number of amides is 2. The highest BCUT2D eigenvalue weighted by Crippen LogP contribution is 2.40. The van der Waals surface area contributed by atoms with Crippen LogP contribution in [0.1, 0.15) is 51.9 Å². The van der Waals surface area contributed by atoms with E-state index in [0.29, 0.717) is 25.8 Å². The van der Waals surface area contributed by atoms with E-state index in [1.807, 2.05) is 6.92 Å². The van der Waals surface area contributed by atoms with Crippen LogP contribution in [0.4, 0.5) is 0 Å². The van der Waals surface area contributed by atoms with Gasteiger partial charge in [0.15, 0.2) is 0 Å². The monoisotopic (exact) mass is 421 g/mol. The van der Waals surface area contributed by atoms with Crippen molar-refractivity contribution >= 4 is 34.2 Å². The molecule has 27 heavy (non-hydrogen) atoms. The summed E-state index contributed by atoms with van der Waals surface area (Å²) >= 11 is 0. The van der Waals surface area contributed by atoms with Gasteiger partial charge in [-0.15, -0.1) is 12.4 Å².